The number of hydrogen-bond donors (Lipinski definition) is 1. The Balaban J connectivity index is 1.49. The van der Waals surface area contributed by atoms with Crippen LogP contribution in [0.2, 0.25) is 5.02 Å². The Kier molecular flexibility index (Phi) is 5.63. The lowest BCUT2D eigenvalue weighted by molar-refractivity contribution is -0.123. The molecule has 0 bridgehead atoms. The van der Waals surface area contributed by atoms with Gasteiger partial charge in [0.1, 0.15) is 10.8 Å². The van der Waals surface area contributed by atoms with Gasteiger partial charge in [-0.3, -0.25) is 9.78 Å². The van der Waals surface area contributed by atoms with Gasteiger partial charge in [0.05, 0.1) is 12.2 Å². The van der Waals surface area contributed by atoms with Gasteiger partial charge in [0.25, 0.3) is 5.91 Å². The molecule has 128 valence electrons. The van der Waals surface area contributed by atoms with Crippen LogP contribution in [0.5, 0.6) is 5.75 Å². The van der Waals surface area contributed by atoms with Crippen molar-refractivity contribution in [1.82, 2.24) is 15.3 Å². The van der Waals surface area contributed by atoms with Gasteiger partial charge >= 0.3 is 0 Å². The Bertz CT molecular complexity index is 868. The third kappa shape index (κ3) is 4.78. The van der Waals surface area contributed by atoms with Crippen molar-refractivity contribution in [1.29, 1.82) is 0 Å². The van der Waals surface area contributed by atoms with Crippen LogP contribution in [-0.2, 0) is 11.3 Å². The van der Waals surface area contributed by atoms with E-state index in [0.29, 0.717) is 17.3 Å². The van der Waals surface area contributed by atoms with E-state index in [1.54, 1.807) is 30.6 Å². The van der Waals surface area contributed by atoms with Crippen LogP contribution in [0.1, 0.15) is 11.3 Å². The summed E-state index contributed by atoms with van der Waals surface area (Å²) in [5.74, 6) is 0.414. The number of thiazole rings is 1. The lowest BCUT2D eigenvalue weighted by atomic mass is 10.2. The summed E-state index contributed by atoms with van der Waals surface area (Å²) in [7, 11) is 0. The second kappa shape index (κ2) is 8.09. The summed E-state index contributed by atoms with van der Waals surface area (Å²) in [6, 6.07) is 9.10. The van der Waals surface area contributed by atoms with E-state index in [2.05, 4.69) is 15.3 Å². The second-order valence-electron chi connectivity index (χ2n) is 5.36. The van der Waals surface area contributed by atoms with Crippen LogP contribution >= 0.6 is 22.9 Å². The number of benzene rings is 1. The van der Waals surface area contributed by atoms with Gasteiger partial charge in [-0.05, 0) is 42.8 Å². The van der Waals surface area contributed by atoms with Crippen molar-refractivity contribution in [2.45, 2.75) is 13.5 Å². The summed E-state index contributed by atoms with van der Waals surface area (Å²) in [5.41, 5.74) is 2.73. The van der Waals surface area contributed by atoms with Gasteiger partial charge in [0, 0.05) is 28.4 Å². The number of aromatic nitrogens is 2. The second-order valence-corrected chi connectivity index (χ2v) is 6.62. The molecular formula is C18H16ClN3O2S. The molecule has 0 fully saturated rings. The quantitative estimate of drug-likeness (QED) is 0.712. The summed E-state index contributed by atoms with van der Waals surface area (Å²) in [5, 5.41) is 6.31. The van der Waals surface area contributed by atoms with Crippen molar-refractivity contribution in [2.75, 3.05) is 6.61 Å². The number of hydrogen-bond acceptors (Lipinski definition) is 5. The van der Waals surface area contributed by atoms with E-state index < -0.39 is 0 Å². The topological polar surface area (TPSA) is 64.1 Å². The largest absolute Gasteiger partial charge is 0.484 e. The Labute approximate surface area is 154 Å². The van der Waals surface area contributed by atoms with Crippen LogP contribution in [0, 0.1) is 6.92 Å². The third-order valence-electron chi connectivity index (χ3n) is 3.45. The number of nitrogens with zero attached hydrogens (tertiary/aromatic N) is 2. The first-order chi connectivity index (χ1) is 12.1. The van der Waals surface area contributed by atoms with Gasteiger partial charge in [-0.25, -0.2) is 4.98 Å². The molecule has 0 radical (unpaired) electrons. The minimum Gasteiger partial charge on any atom is -0.484 e. The fraction of sp³-hybridized carbons (Fsp3) is 0.167. The minimum atomic E-state index is -0.203. The predicted molar refractivity (Wildman–Crippen MR) is 98.9 cm³/mol. The summed E-state index contributed by atoms with van der Waals surface area (Å²) in [6.07, 6.45) is 3.46. The Morgan fingerprint density at radius 3 is 2.84 bits per heavy atom. The Morgan fingerprint density at radius 2 is 2.08 bits per heavy atom. The maximum atomic E-state index is 11.9. The average molecular weight is 374 g/mol. The fourth-order valence-electron chi connectivity index (χ4n) is 2.11. The molecule has 3 rings (SSSR count). The van der Waals surface area contributed by atoms with Crippen LogP contribution in [0.15, 0.2) is 48.1 Å². The molecule has 1 aromatic carbocycles. The first-order valence-corrected chi connectivity index (χ1v) is 8.88. The highest BCUT2D eigenvalue weighted by Crippen LogP contribution is 2.23. The number of pyridine rings is 1. The number of amides is 1. The molecule has 0 aliphatic rings. The molecule has 0 aliphatic carbocycles. The lowest BCUT2D eigenvalue weighted by Gasteiger charge is -2.08. The number of rotatable bonds is 6. The lowest BCUT2D eigenvalue weighted by Crippen LogP contribution is -2.28. The molecule has 0 atom stereocenters. The number of aryl methyl sites for hydroxylation is 1. The van der Waals surface area contributed by atoms with Gasteiger partial charge in [0.15, 0.2) is 6.61 Å². The molecule has 2 aromatic heterocycles. The van der Waals surface area contributed by atoms with E-state index in [4.69, 9.17) is 16.3 Å². The Morgan fingerprint density at radius 1 is 1.28 bits per heavy atom. The summed E-state index contributed by atoms with van der Waals surface area (Å²) in [6.45, 7) is 2.20. The molecule has 0 saturated carbocycles. The zero-order chi connectivity index (χ0) is 17.6. The van der Waals surface area contributed by atoms with Crippen molar-refractivity contribution in [3.05, 3.63) is 64.4 Å². The monoisotopic (exact) mass is 373 g/mol. The van der Waals surface area contributed by atoms with E-state index in [0.717, 1.165) is 21.8 Å². The number of nitrogens with one attached hydrogen (secondary N) is 1. The molecule has 25 heavy (non-hydrogen) atoms. The standard InChI is InChI=1S/C18H16ClN3O2S/c1-12-8-15(2-3-16(12)19)24-10-17(23)21-9-14-11-25-18(22-14)13-4-6-20-7-5-13/h2-8,11H,9-10H2,1H3,(H,21,23). The summed E-state index contributed by atoms with van der Waals surface area (Å²) in [4.78, 5) is 20.4. The minimum absolute atomic E-state index is 0.0532. The SMILES string of the molecule is Cc1cc(OCC(=O)NCc2csc(-c3ccncc3)n2)ccc1Cl. The first kappa shape index (κ1) is 17.4. The van der Waals surface area contributed by atoms with Crippen LogP contribution in [0.4, 0.5) is 0 Å². The number of carbonyl (C=O) groups is 1. The average Bonchev–Trinajstić information content (AvgIpc) is 3.11. The van der Waals surface area contributed by atoms with Crippen molar-refractivity contribution in [2.24, 2.45) is 0 Å². The predicted octanol–water partition coefficient (Wildman–Crippen LogP) is 3.86. The van der Waals surface area contributed by atoms with Crippen molar-refractivity contribution < 1.29 is 9.53 Å². The zero-order valence-corrected chi connectivity index (χ0v) is 15.1. The zero-order valence-electron chi connectivity index (χ0n) is 13.5. The highest BCUT2D eigenvalue weighted by atomic mass is 35.5. The molecule has 3 aromatic rings. The third-order valence-corrected chi connectivity index (χ3v) is 4.81. The van der Waals surface area contributed by atoms with E-state index in [1.165, 1.54) is 11.3 Å². The van der Waals surface area contributed by atoms with Crippen LogP contribution in [-0.4, -0.2) is 22.5 Å². The molecule has 0 spiro atoms. The molecule has 0 unspecified atom stereocenters. The molecule has 7 heteroatoms. The van der Waals surface area contributed by atoms with Gasteiger partial charge in [0.2, 0.25) is 0 Å². The van der Waals surface area contributed by atoms with E-state index >= 15 is 0 Å². The summed E-state index contributed by atoms with van der Waals surface area (Å²) >= 11 is 7.50. The number of ether oxygens (including phenoxy) is 1. The fourth-order valence-corrected chi connectivity index (χ4v) is 3.05. The van der Waals surface area contributed by atoms with Gasteiger partial charge in [-0.15, -0.1) is 11.3 Å². The normalized spacial score (nSPS) is 10.5. The molecule has 2 heterocycles. The summed E-state index contributed by atoms with van der Waals surface area (Å²) < 4.78 is 5.47. The molecule has 5 nitrogen and oxygen atoms in total. The molecular weight excluding hydrogens is 358 g/mol. The highest BCUT2D eigenvalue weighted by Gasteiger charge is 2.07. The molecule has 1 amide bonds. The first-order valence-electron chi connectivity index (χ1n) is 7.62. The van der Waals surface area contributed by atoms with Crippen LogP contribution in [0.3, 0.4) is 0 Å². The molecule has 0 saturated heterocycles. The van der Waals surface area contributed by atoms with E-state index in [-0.39, 0.29) is 12.5 Å². The maximum absolute atomic E-state index is 11.9. The van der Waals surface area contributed by atoms with E-state index in [1.807, 2.05) is 24.4 Å². The van der Waals surface area contributed by atoms with Crippen molar-refractivity contribution >= 4 is 28.8 Å². The van der Waals surface area contributed by atoms with Gasteiger partial charge in [-0.2, -0.15) is 0 Å². The van der Waals surface area contributed by atoms with E-state index in [9.17, 15) is 4.79 Å². The van der Waals surface area contributed by atoms with Crippen molar-refractivity contribution in [3.8, 4) is 16.3 Å². The molecule has 0 aliphatic heterocycles. The van der Waals surface area contributed by atoms with Crippen molar-refractivity contribution in [3.63, 3.8) is 0 Å². The maximum Gasteiger partial charge on any atom is 0.258 e. The van der Waals surface area contributed by atoms with Crippen LogP contribution in [0.25, 0.3) is 10.6 Å². The van der Waals surface area contributed by atoms with Gasteiger partial charge < -0.3 is 10.1 Å². The van der Waals surface area contributed by atoms with Gasteiger partial charge in [-0.1, -0.05) is 11.6 Å². The highest BCUT2D eigenvalue weighted by molar-refractivity contribution is 7.13. The number of carbonyl (C=O) groups excluding carboxylic acids is 1. The Hall–Kier alpha value is -2.44. The smallest absolute Gasteiger partial charge is 0.258 e. The number of halogens is 1. The van der Waals surface area contributed by atoms with Crippen LogP contribution < -0.4 is 10.1 Å². The molecule has 1 N–H and O–H groups in total.